The third-order valence-corrected chi connectivity index (χ3v) is 3.72. The number of halogens is 1. The van der Waals surface area contributed by atoms with Crippen LogP contribution in [0.5, 0.6) is 0 Å². The average molecular weight is 261 g/mol. The van der Waals surface area contributed by atoms with Crippen molar-refractivity contribution in [1.29, 1.82) is 5.26 Å². The minimum Gasteiger partial charge on any atom is -0.398 e. The standard InChI is InChI=1S/C13H9ClN2S/c14-11-3-1-2-4-13(11)17-10-6-5-9(8-15)12(16)7-10/h1-7H,16H2. The minimum atomic E-state index is 0.490. The molecular weight excluding hydrogens is 252 g/mol. The zero-order valence-electron chi connectivity index (χ0n) is 8.85. The van der Waals surface area contributed by atoms with Gasteiger partial charge in [-0.1, -0.05) is 35.5 Å². The highest BCUT2D eigenvalue weighted by Gasteiger charge is 2.04. The average Bonchev–Trinajstić information content (AvgIpc) is 2.32. The van der Waals surface area contributed by atoms with Crippen molar-refractivity contribution in [3.8, 4) is 6.07 Å². The number of nitrogen functional groups attached to an aromatic ring is 1. The van der Waals surface area contributed by atoms with Gasteiger partial charge in [-0.15, -0.1) is 0 Å². The summed E-state index contributed by atoms with van der Waals surface area (Å²) in [5, 5.41) is 9.49. The normalized spacial score (nSPS) is 9.88. The van der Waals surface area contributed by atoms with E-state index in [1.807, 2.05) is 36.4 Å². The lowest BCUT2D eigenvalue weighted by Gasteiger charge is -2.05. The molecule has 0 radical (unpaired) electrons. The highest BCUT2D eigenvalue weighted by molar-refractivity contribution is 7.99. The Kier molecular flexibility index (Phi) is 3.58. The number of rotatable bonds is 2. The molecule has 4 heteroatoms. The van der Waals surface area contributed by atoms with Crippen molar-refractivity contribution in [3.63, 3.8) is 0 Å². The third kappa shape index (κ3) is 2.73. The summed E-state index contributed by atoms with van der Waals surface area (Å²) in [5.41, 5.74) is 6.74. The van der Waals surface area contributed by atoms with E-state index in [1.54, 1.807) is 12.1 Å². The second kappa shape index (κ2) is 5.13. The second-order valence-electron chi connectivity index (χ2n) is 3.39. The van der Waals surface area contributed by atoms with E-state index in [4.69, 9.17) is 22.6 Å². The number of nitrogens with zero attached hydrogens (tertiary/aromatic N) is 1. The summed E-state index contributed by atoms with van der Waals surface area (Å²) in [7, 11) is 0. The van der Waals surface area contributed by atoms with Gasteiger partial charge in [0.1, 0.15) is 6.07 Å². The monoisotopic (exact) mass is 260 g/mol. The van der Waals surface area contributed by atoms with Gasteiger partial charge in [-0.3, -0.25) is 0 Å². The maximum atomic E-state index is 8.79. The van der Waals surface area contributed by atoms with E-state index in [-0.39, 0.29) is 0 Å². The summed E-state index contributed by atoms with van der Waals surface area (Å²) in [6.07, 6.45) is 0. The molecule has 0 aromatic heterocycles. The molecule has 2 nitrogen and oxygen atoms in total. The first-order valence-electron chi connectivity index (χ1n) is 4.92. The molecule has 0 heterocycles. The number of nitriles is 1. The lowest BCUT2D eigenvalue weighted by molar-refractivity contribution is 1.39. The Morgan fingerprint density at radius 2 is 1.94 bits per heavy atom. The molecule has 17 heavy (non-hydrogen) atoms. The molecule has 0 atom stereocenters. The highest BCUT2D eigenvalue weighted by Crippen LogP contribution is 2.34. The molecule has 2 aromatic rings. The van der Waals surface area contributed by atoms with Gasteiger partial charge in [-0.25, -0.2) is 0 Å². The summed E-state index contributed by atoms with van der Waals surface area (Å²) >= 11 is 7.59. The Labute approximate surface area is 109 Å². The first kappa shape index (κ1) is 11.8. The van der Waals surface area contributed by atoms with Crippen LogP contribution >= 0.6 is 23.4 Å². The van der Waals surface area contributed by atoms with E-state index >= 15 is 0 Å². The van der Waals surface area contributed by atoms with Crippen LogP contribution in [0.3, 0.4) is 0 Å². The van der Waals surface area contributed by atoms with Gasteiger partial charge in [0.15, 0.2) is 0 Å². The van der Waals surface area contributed by atoms with E-state index in [0.29, 0.717) is 16.3 Å². The summed E-state index contributed by atoms with van der Waals surface area (Å²) in [6, 6.07) is 15.0. The molecule has 0 amide bonds. The van der Waals surface area contributed by atoms with Gasteiger partial charge in [0, 0.05) is 9.79 Å². The molecule has 0 unspecified atom stereocenters. The highest BCUT2D eigenvalue weighted by atomic mass is 35.5. The Hall–Kier alpha value is -1.63. The molecule has 2 rings (SSSR count). The minimum absolute atomic E-state index is 0.490. The van der Waals surface area contributed by atoms with Crippen molar-refractivity contribution in [2.75, 3.05) is 5.73 Å². The maximum Gasteiger partial charge on any atom is 0.101 e. The van der Waals surface area contributed by atoms with Crippen LogP contribution in [0, 0.1) is 11.3 Å². The number of benzene rings is 2. The van der Waals surface area contributed by atoms with Crippen molar-refractivity contribution in [1.82, 2.24) is 0 Å². The van der Waals surface area contributed by atoms with Crippen LogP contribution in [0.4, 0.5) is 5.69 Å². The fourth-order valence-corrected chi connectivity index (χ4v) is 2.50. The lowest BCUT2D eigenvalue weighted by atomic mass is 10.2. The van der Waals surface area contributed by atoms with Gasteiger partial charge < -0.3 is 5.73 Å². The molecule has 0 saturated heterocycles. The zero-order valence-corrected chi connectivity index (χ0v) is 10.4. The van der Waals surface area contributed by atoms with E-state index in [2.05, 4.69) is 0 Å². The molecular formula is C13H9ClN2S. The second-order valence-corrected chi connectivity index (χ2v) is 4.92. The van der Waals surface area contributed by atoms with Gasteiger partial charge in [0.05, 0.1) is 16.3 Å². The van der Waals surface area contributed by atoms with Crippen molar-refractivity contribution in [3.05, 3.63) is 53.1 Å². The van der Waals surface area contributed by atoms with Crippen molar-refractivity contribution >= 4 is 29.1 Å². The zero-order chi connectivity index (χ0) is 12.3. The molecule has 0 aliphatic carbocycles. The van der Waals surface area contributed by atoms with Crippen LogP contribution in [0.25, 0.3) is 0 Å². The van der Waals surface area contributed by atoms with Crippen LogP contribution < -0.4 is 5.73 Å². The summed E-state index contributed by atoms with van der Waals surface area (Å²) < 4.78 is 0. The Bertz CT molecular complexity index is 590. The Morgan fingerprint density at radius 1 is 1.18 bits per heavy atom. The third-order valence-electron chi connectivity index (χ3n) is 2.21. The fraction of sp³-hybridized carbons (Fsp3) is 0. The van der Waals surface area contributed by atoms with E-state index < -0.39 is 0 Å². The molecule has 2 aromatic carbocycles. The predicted molar refractivity (Wildman–Crippen MR) is 71.1 cm³/mol. The lowest BCUT2D eigenvalue weighted by Crippen LogP contribution is -1.90. The molecule has 0 saturated carbocycles. The van der Waals surface area contributed by atoms with Crippen LogP contribution in [0.15, 0.2) is 52.3 Å². The molecule has 2 N–H and O–H groups in total. The van der Waals surface area contributed by atoms with E-state index in [0.717, 1.165) is 9.79 Å². The number of nitrogens with two attached hydrogens (primary N) is 1. The molecule has 84 valence electrons. The summed E-state index contributed by atoms with van der Waals surface area (Å²) in [5.74, 6) is 0. The van der Waals surface area contributed by atoms with Crippen LogP contribution in [0.1, 0.15) is 5.56 Å². The number of hydrogen-bond donors (Lipinski definition) is 1. The quantitative estimate of drug-likeness (QED) is 0.832. The van der Waals surface area contributed by atoms with Gasteiger partial charge in [-0.2, -0.15) is 5.26 Å². The maximum absolute atomic E-state index is 8.79. The topological polar surface area (TPSA) is 49.8 Å². The Morgan fingerprint density at radius 3 is 2.59 bits per heavy atom. The summed E-state index contributed by atoms with van der Waals surface area (Å²) in [6.45, 7) is 0. The van der Waals surface area contributed by atoms with Crippen molar-refractivity contribution in [2.45, 2.75) is 9.79 Å². The molecule has 0 fully saturated rings. The smallest absolute Gasteiger partial charge is 0.101 e. The fourth-order valence-electron chi connectivity index (χ4n) is 1.36. The summed E-state index contributed by atoms with van der Waals surface area (Å²) in [4.78, 5) is 1.94. The Balaban J connectivity index is 2.29. The van der Waals surface area contributed by atoms with Crippen LogP contribution in [-0.2, 0) is 0 Å². The molecule has 0 aliphatic rings. The molecule has 0 aliphatic heterocycles. The van der Waals surface area contributed by atoms with Crippen molar-refractivity contribution in [2.24, 2.45) is 0 Å². The van der Waals surface area contributed by atoms with E-state index in [9.17, 15) is 0 Å². The van der Waals surface area contributed by atoms with Gasteiger partial charge in [-0.05, 0) is 30.3 Å². The van der Waals surface area contributed by atoms with Crippen LogP contribution in [-0.4, -0.2) is 0 Å². The first-order valence-corrected chi connectivity index (χ1v) is 6.12. The van der Waals surface area contributed by atoms with Gasteiger partial charge >= 0.3 is 0 Å². The van der Waals surface area contributed by atoms with Crippen molar-refractivity contribution < 1.29 is 0 Å². The van der Waals surface area contributed by atoms with E-state index in [1.165, 1.54) is 11.8 Å². The first-order chi connectivity index (χ1) is 8.20. The molecule has 0 spiro atoms. The van der Waals surface area contributed by atoms with Gasteiger partial charge in [0.25, 0.3) is 0 Å². The molecule has 0 bridgehead atoms. The number of anilines is 1. The largest absolute Gasteiger partial charge is 0.398 e. The van der Waals surface area contributed by atoms with Gasteiger partial charge in [0.2, 0.25) is 0 Å². The number of hydrogen-bond acceptors (Lipinski definition) is 3. The predicted octanol–water partition coefficient (Wildman–Crippen LogP) is 3.95. The SMILES string of the molecule is N#Cc1ccc(Sc2ccccc2Cl)cc1N. The van der Waals surface area contributed by atoms with Crippen LogP contribution in [0.2, 0.25) is 5.02 Å².